The molecule has 0 aliphatic carbocycles. The molecular formula is C20H21BrN2O3S. The second-order valence-corrected chi connectivity index (χ2v) is 8.54. The summed E-state index contributed by atoms with van der Waals surface area (Å²) in [6.07, 6.45) is 0.366. The Balaban J connectivity index is 1.64. The molecule has 1 fully saturated rings. The van der Waals surface area contributed by atoms with Gasteiger partial charge in [-0.25, -0.2) is 0 Å². The lowest BCUT2D eigenvalue weighted by Crippen LogP contribution is -2.38. The van der Waals surface area contributed by atoms with E-state index in [1.807, 2.05) is 35.7 Å². The molecule has 7 heteroatoms. The average Bonchev–Trinajstić information content (AvgIpc) is 2.66. The molecule has 2 aromatic carbocycles. The van der Waals surface area contributed by atoms with Crippen LogP contribution in [0.15, 0.2) is 40.9 Å². The van der Waals surface area contributed by atoms with Gasteiger partial charge in [0.1, 0.15) is 5.75 Å². The number of anilines is 1. The molecule has 1 aliphatic rings. The maximum Gasteiger partial charge on any atom is 0.259 e. The number of carbonyl (C=O) groups is 2. The summed E-state index contributed by atoms with van der Waals surface area (Å²) in [5.41, 5.74) is 2.61. The summed E-state index contributed by atoms with van der Waals surface area (Å²) >= 11 is 5.12. The molecule has 2 amide bonds. The molecule has 1 heterocycles. The van der Waals surface area contributed by atoms with Gasteiger partial charge in [-0.2, -0.15) is 11.8 Å². The summed E-state index contributed by atoms with van der Waals surface area (Å²) in [4.78, 5) is 26.7. The van der Waals surface area contributed by atoms with Gasteiger partial charge in [-0.05, 0) is 58.2 Å². The van der Waals surface area contributed by atoms with Crippen LogP contribution >= 0.6 is 27.7 Å². The second kappa shape index (κ2) is 8.80. The number of thioether (sulfide) groups is 1. The van der Waals surface area contributed by atoms with Gasteiger partial charge in [-0.3, -0.25) is 9.59 Å². The zero-order chi connectivity index (χ0) is 19.4. The lowest BCUT2D eigenvalue weighted by molar-refractivity contribution is -0.130. The van der Waals surface area contributed by atoms with Crippen LogP contribution < -0.4 is 5.32 Å². The third-order valence-electron chi connectivity index (χ3n) is 4.38. The first-order chi connectivity index (χ1) is 12.9. The number of benzene rings is 2. The third kappa shape index (κ3) is 5.05. The number of aromatic hydroxyl groups is 1. The molecule has 2 N–H and O–H groups in total. The molecule has 0 aromatic heterocycles. The van der Waals surface area contributed by atoms with E-state index >= 15 is 0 Å². The molecule has 1 aliphatic heterocycles. The smallest absolute Gasteiger partial charge is 0.259 e. The Kier molecular flexibility index (Phi) is 6.44. The van der Waals surface area contributed by atoms with Crippen molar-refractivity contribution in [2.45, 2.75) is 13.3 Å². The summed E-state index contributed by atoms with van der Waals surface area (Å²) in [5, 5.41) is 12.9. The van der Waals surface area contributed by atoms with Gasteiger partial charge < -0.3 is 15.3 Å². The number of halogens is 1. The van der Waals surface area contributed by atoms with Crippen LogP contribution in [0.25, 0.3) is 0 Å². The zero-order valence-electron chi connectivity index (χ0n) is 15.0. The second-order valence-electron chi connectivity index (χ2n) is 6.46. The van der Waals surface area contributed by atoms with E-state index in [1.54, 1.807) is 24.3 Å². The van der Waals surface area contributed by atoms with Gasteiger partial charge in [-0.15, -0.1) is 0 Å². The fourth-order valence-electron chi connectivity index (χ4n) is 2.91. The lowest BCUT2D eigenvalue weighted by atomic mass is 10.1. The number of phenolic OH excluding ortho intramolecular Hbond substituents is 1. The van der Waals surface area contributed by atoms with Gasteiger partial charge in [0.2, 0.25) is 5.91 Å². The maximum atomic E-state index is 12.5. The van der Waals surface area contributed by atoms with Gasteiger partial charge in [0, 0.05) is 30.3 Å². The van der Waals surface area contributed by atoms with Crippen LogP contribution in [0.3, 0.4) is 0 Å². The quantitative estimate of drug-likeness (QED) is 0.745. The number of amides is 2. The van der Waals surface area contributed by atoms with Crippen LogP contribution in [0.4, 0.5) is 5.69 Å². The minimum Gasteiger partial charge on any atom is -0.506 e. The van der Waals surface area contributed by atoms with E-state index in [1.165, 1.54) is 0 Å². The average molecular weight is 449 g/mol. The number of rotatable bonds is 4. The highest BCUT2D eigenvalue weighted by Gasteiger charge is 2.17. The first kappa shape index (κ1) is 19.8. The van der Waals surface area contributed by atoms with Gasteiger partial charge in [0.15, 0.2) is 0 Å². The molecule has 27 heavy (non-hydrogen) atoms. The number of hydrogen-bond acceptors (Lipinski definition) is 4. The van der Waals surface area contributed by atoms with Crippen molar-refractivity contribution in [1.29, 1.82) is 0 Å². The number of carbonyl (C=O) groups excluding carboxylic acids is 2. The van der Waals surface area contributed by atoms with Crippen molar-refractivity contribution < 1.29 is 14.7 Å². The Morgan fingerprint density at radius 3 is 2.52 bits per heavy atom. The molecule has 5 nitrogen and oxygen atoms in total. The van der Waals surface area contributed by atoms with Crippen molar-refractivity contribution in [2.75, 3.05) is 29.9 Å². The predicted molar refractivity (Wildman–Crippen MR) is 113 cm³/mol. The van der Waals surface area contributed by atoms with Crippen molar-refractivity contribution in [3.8, 4) is 5.75 Å². The standard InChI is InChI=1S/C20H21BrN2O3S/c1-13-10-16(19(25)17(21)11-13)20(26)22-15-4-2-14(3-5-15)12-18(24)23-6-8-27-9-7-23/h2-5,10-11,25H,6-9,12H2,1H3,(H,22,26). The molecule has 0 unspecified atom stereocenters. The van der Waals surface area contributed by atoms with E-state index in [0.717, 1.165) is 35.7 Å². The van der Waals surface area contributed by atoms with Crippen LogP contribution in [-0.2, 0) is 11.2 Å². The number of phenols is 1. The van der Waals surface area contributed by atoms with Crippen LogP contribution in [0.1, 0.15) is 21.5 Å². The Hall–Kier alpha value is -1.99. The number of nitrogens with one attached hydrogen (secondary N) is 1. The van der Waals surface area contributed by atoms with Crippen molar-refractivity contribution >= 4 is 45.2 Å². The number of aryl methyl sites for hydroxylation is 1. The first-order valence-corrected chi connectivity index (χ1v) is 10.6. The molecule has 3 rings (SSSR count). The maximum absolute atomic E-state index is 12.5. The zero-order valence-corrected chi connectivity index (χ0v) is 17.4. The van der Waals surface area contributed by atoms with Gasteiger partial charge in [-0.1, -0.05) is 12.1 Å². The summed E-state index contributed by atoms with van der Waals surface area (Å²) < 4.78 is 0.484. The van der Waals surface area contributed by atoms with Crippen LogP contribution in [0.2, 0.25) is 0 Å². The monoisotopic (exact) mass is 448 g/mol. The first-order valence-electron chi connectivity index (χ1n) is 8.69. The van der Waals surface area contributed by atoms with E-state index in [2.05, 4.69) is 21.2 Å². The topological polar surface area (TPSA) is 69.6 Å². The molecule has 142 valence electrons. The van der Waals surface area contributed by atoms with E-state index in [-0.39, 0.29) is 23.1 Å². The van der Waals surface area contributed by atoms with Gasteiger partial charge in [0.25, 0.3) is 5.91 Å². The highest BCUT2D eigenvalue weighted by atomic mass is 79.9. The Bertz CT molecular complexity index is 849. The number of hydrogen-bond donors (Lipinski definition) is 2. The Morgan fingerprint density at radius 2 is 1.85 bits per heavy atom. The summed E-state index contributed by atoms with van der Waals surface area (Å²) in [5.74, 6) is 1.67. The summed E-state index contributed by atoms with van der Waals surface area (Å²) in [7, 11) is 0. The van der Waals surface area contributed by atoms with Gasteiger partial charge in [0.05, 0.1) is 16.5 Å². The molecule has 1 saturated heterocycles. The highest BCUT2D eigenvalue weighted by molar-refractivity contribution is 9.10. The van der Waals surface area contributed by atoms with Crippen molar-refractivity contribution in [3.05, 3.63) is 57.6 Å². The van der Waals surface area contributed by atoms with E-state index in [0.29, 0.717) is 16.6 Å². The SMILES string of the molecule is Cc1cc(Br)c(O)c(C(=O)Nc2ccc(CC(=O)N3CCSCC3)cc2)c1. The van der Waals surface area contributed by atoms with E-state index in [9.17, 15) is 14.7 Å². The van der Waals surface area contributed by atoms with E-state index < -0.39 is 0 Å². The summed E-state index contributed by atoms with van der Waals surface area (Å²) in [6.45, 7) is 3.48. The van der Waals surface area contributed by atoms with Crippen molar-refractivity contribution in [2.24, 2.45) is 0 Å². The molecule has 0 saturated carbocycles. The fourth-order valence-corrected chi connectivity index (χ4v) is 4.39. The lowest BCUT2D eigenvalue weighted by Gasteiger charge is -2.26. The largest absolute Gasteiger partial charge is 0.506 e. The van der Waals surface area contributed by atoms with Gasteiger partial charge >= 0.3 is 0 Å². The van der Waals surface area contributed by atoms with Crippen LogP contribution in [0.5, 0.6) is 5.75 Å². The minimum absolute atomic E-state index is 0.0833. The minimum atomic E-state index is -0.383. The fraction of sp³-hybridized carbons (Fsp3) is 0.300. The van der Waals surface area contributed by atoms with Crippen molar-refractivity contribution in [3.63, 3.8) is 0 Å². The van der Waals surface area contributed by atoms with E-state index in [4.69, 9.17) is 0 Å². The predicted octanol–water partition coefficient (Wildman–Crippen LogP) is 3.83. The third-order valence-corrected chi connectivity index (χ3v) is 5.93. The Morgan fingerprint density at radius 1 is 1.19 bits per heavy atom. The highest BCUT2D eigenvalue weighted by Crippen LogP contribution is 2.30. The molecular weight excluding hydrogens is 428 g/mol. The molecule has 2 aromatic rings. The normalized spacial score (nSPS) is 14.1. The molecule has 0 bridgehead atoms. The van der Waals surface area contributed by atoms with Crippen LogP contribution in [-0.4, -0.2) is 46.4 Å². The summed E-state index contributed by atoms with van der Waals surface area (Å²) in [6, 6.07) is 10.6. The molecule has 0 atom stereocenters. The molecule has 0 radical (unpaired) electrons. The Labute approximate surface area is 171 Å². The van der Waals surface area contributed by atoms with Crippen molar-refractivity contribution in [1.82, 2.24) is 4.90 Å². The van der Waals surface area contributed by atoms with Crippen LogP contribution in [0, 0.1) is 6.92 Å². The molecule has 0 spiro atoms. The number of nitrogens with zero attached hydrogens (tertiary/aromatic N) is 1.